The number of nitrogens with one attached hydrogen (secondary N) is 2. The summed E-state index contributed by atoms with van der Waals surface area (Å²) in [5.41, 5.74) is -0.319. The fraction of sp³-hybridized carbons (Fsp3) is 0.917. The van der Waals surface area contributed by atoms with Crippen LogP contribution in [0.1, 0.15) is 40.5 Å². The van der Waals surface area contributed by atoms with Crippen molar-refractivity contribution in [1.29, 1.82) is 0 Å². The minimum absolute atomic E-state index is 0.0968. The van der Waals surface area contributed by atoms with E-state index in [2.05, 4.69) is 24.5 Å². The molecule has 0 aromatic heterocycles. The first kappa shape index (κ1) is 14.4. The molecule has 1 amide bonds. The smallest absolute Gasteiger partial charge is 0.226 e. The van der Waals surface area contributed by atoms with E-state index in [0.717, 1.165) is 19.0 Å². The van der Waals surface area contributed by atoms with Crippen LogP contribution in [0.3, 0.4) is 0 Å². The van der Waals surface area contributed by atoms with Crippen molar-refractivity contribution in [2.75, 3.05) is 20.1 Å². The molecule has 0 bridgehead atoms. The Morgan fingerprint density at radius 2 is 1.80 bits per heavy atom. The summed E-state index contributed by atoms with van der Waals surface area (Å²) in [4.78, 5) is 11.5. The van der Waals surface area contributed by atoms with Gasteiger partial charge in [-0.05, 0) is 26.3 Å². The van der Waals surface area contributed by atoms with Crippen LogP contribution in [-0.4, -0.2) is 26.0 Å². The third kappa shape index (κ3) is 5.17. The van der Waals surface area contributed by atoms with Crippen LogP contribution in [0.5, 0.6) is 0 Å². The van der Waals surface area contributed by atoms with Crippen LogP contribution in [0.2, 0.25) is 0 Å². The molecule has 0 spiro atoms. The number of carbonyl (C=O) groups is 1. The summed E-state index contributed by atoms with van der Waals surface area (Å²) in [7, 11) is 1.69. The van der Waals surface area contributed by atoms with E-state index in [1.165, 1.54) is 12.8 Å². The summed E-state index contributed by atoms with van der Waals surface area (Å²) < 4.78 is 0. The van der Waals surface area contributed by atoms with Gasteiger partial charge in [-0.15, -0.1) is 0 Å². The topological polar surface area (TPSA) is 41.1 Å². The second-order valence-electron chi connectivity index (χ2n) is 4.78. The van der Waals surface area contributed by atoms with E-state index in [4.69, 9.17) is 0 Å². The second-order valence-corrected chi connectivity index (χ2v) is 4.78. The van der Waals surface area contributed by atoms with Gasteiger partial charge in [-0.2, -0.15) is 0 Å². The van der Waals surface area contributed by atoms with Crippen LogP contribution < -0.4 is 10.6 Å². The van der Waals surface area contributed by atoms with E-state index in [1.807, 2.05) is 13.8 Å². The van der Waals surface area contributed by atoms with Gasteiger partial charge in [0.2, 0.25) is 5.91 Å². The van der Waals surface area contributed by atoms with Crippen molar-refractivity contribution in [2.45, 2.75) is 40.5 Å². The molecular weight excluding hydrogens is 188 g/mol. The van der Waals surface area contributed by atoms with Crippen LogP contribution in [0.4, 0.5) is 0 Å². The number of rotatable bonds is 7. The van der Waals surface area contributed by atoms with Crippen LogP contribution in [0.15, 0.2) is 0 Å². The molecule has 0 aliphatic rings. The van der Waals surface area contributed by atoms with Crippen molar-refractivity contribution in [3.8, 4) is 0 Å². The zero-order valence-electron chi connectivity index (χ0n) is 10.8. The first-order valence-electron chi connectivity index (χ1n) is 5.90. The van der Waals surface area contributed by atoms with Crippen molar-refractivity contribution >= 4 is 5.91 Å². The molecule has 0 radical (unpaired) electrons. The van der Waals surface area contributed by atoms with Crippen molar-refractivity contribution in [2.24, 2.45) is 11.3 Å². The van der Waals surface area contributed by atoms with Crippen molar-refractivity contribution in [3.63, 3.8) is 0 Å². The average molecular weight is 214 g/mol. The fourth-order valence-electron chi connectivity index (χ4n) is 1.58. The first-order chi connectivity index (χ1) is 6.97. The molecule has 3 heteroatoms. The standard InChI is InChI=1S/C12H26N2O/c1-6-10(7-2)8-14-9-12(3,4)11(15)13-5/h10,14H,6-9H2,1-5H3,(H,13,15). The largest absolute Gasteiger partial charge is 0.359 e. The Kier molecular flexibility index (Phi) is 6.57. The van der Waals surface area contributed by atoms with Crippen LogP contribution in [0, 0.1) is 11.3 Å². The van der Waals surface area contributed by atoms with Crippen LogP contribution in [0.25, 0.3) is 0 Å². The maximum absolute atomic E-state index is 11.5. The van der Waals surface area contributed by atoms with Gasteiger partial charge in [-0.3, -0.25) is 4.79 Å². The highest BCUT2D eigenvalue weighted by Crippen LogP contribution is 2.14. The molecule has 3 nitrogen and oxygen atoms in total. The molecular formula is C12H26N2O. The fourth-order valence-corrected chi connectivity index (χ4v) is 1.58. The second kappa shape index (κ2) is 6.83. The summed E-state index contributed by atoms with van der Waals surface area (Å²) in [6.45, 7) is 10.1. The van der Waals surface area contributed by atoms with Gasteiger partial charge in [0.15, 0.2) is 0 Å². The molecule has 0 aliphatic carbocycles. The SMILES string of the molecule is CCC(CC)CNCC(C)(C)C(=O)NC. The molecule has 2 N–H and O–H groups in total. The molecule has 0 unspecified atom stereocenters. The van der Waals surface area contributed by atoms with Gasteiger partial charge in [-0.25, -0.2) is 0 Å². The van der Waals surface area contributed by atoms with Crippen molar-refractivity contribution < 1.29 is 4.79 Å². The minimum atomic E-state index is -0.319. The Hall–Kier alpha value is -0.570. The highest BCUT2D eigenvalue weighted by molar-refractivity contribution is 5.81. The normalized spacial score (nSPS) is 11.9. The molecule has 90 valence electrons. The molecule has 0 fully saturated rings. The van der Waals surface area contributed by atoms with Gasteiger partial charge < -0.3 is 10.6 Å². The van der Waals surface area contributed by atoms with E-state index < -0.39 is 0 Å². The quantitative estimate of drug-likeness (QED) is 0.678. The molecule has 0 aromatic carbocycles. The number of amides is 1. The van der Waals surface area contributed by atoms with Crippen molar-refractivity contribution in [1.82, 2.24) is 10.6 Å². The van der Waals surface area contributed by atoms with Crippen molar-refractivity contribution in [3.05, 3.63) is 0 Å². The lowest BCUT2D eigenvalue weighted by atomic mass is 9.92. The number of hydrogen-bond acceptors (Lipinski definition) is 2. The Morgan fingerprint density at radius 3 is 2.20 bits per heavy atom. The lowest BCUT2D eigenvalue weighted by Gasteiger charge is -2.24. The van der Waals surface area contributed by atoms with Gasteiger partial charge >= 0.3 is 0 Å². The van der Waals surface area contributed by atoms with E-state index in [9.17, 15) is 4.79 Å². The Balaban J connectivity index is 3.88. The van der Waals surface area contributed by atoms with Gasteiger partial charge in [0, 0.05) is 13.6 Å². The zero-order chi connectivity index (χ0) is 11.9. The van der Waals surface area contributed by atoms with Gasteiger partial charge in [-0.1, -0.05) is 26.7 Å². The van der Waals surface area contributed by atoms with Gasteiger partial charge in [0.25, 0.3) is 0 Å². The molecule has 0 saturated carbocycles. The van der Waals surface area contributed by atoms with E-state index in [1.54, 1.807) is 7.05 Å². The lowest BCUT2D eigenvalue weighted by molar-refractivity contribution is -0.128. The molecule has 0 rings (SSSR count). The van der Waals surface area contributed by atoms with E-state index in [-0.39, 0.29) is 11.3 Å². The minimum Gasteiger partial charge on any atom is -0.359 e. The Bertz CT molecular complexity index is 186. The van der Waals surface area contributed by atoms with Gasteiger partial charge in [0.05, 0.1) is 5.41 Å². The highest BCUT2D eigenvalue weighted by atomic mass is 16.2. The Morgan fingerprint density at radius 1 is 1.27 bits per heavy atom. The van der Waals surface area contributed by atoms with E-state index >= 15 is 0 Å². The molecule has 0 heterocycles. The summed E-state index contributed by atoms with van der Waals surface area (Å²) in [6.07, 6.45) is 2.40. The predicted octanol–water partition coefficient (Wildman–Crippen LogP) is 1.78. The average Bonchev–Trinajstić information content (AvgIpc) is 2.23. The molecule has 0 aliphatic heterocycles. The van der Waals surface area contributed by atoms with Crippen LogP contribution >= 0.6 is 0 Å². The first-order valence-corrected chi connectivity index (χ1v) is 5.90. The molecule has 15 heavy (non-hydrogen) atoms. The number of hydrogen-bond donors (Lipinski definition) is 2. The summed E-state index contributed by atoms with van der Waals surface area (Å²) >= 11 is 0. The molecule has 0 aromatic rings. The highest BCUT2D eigenvalue weighted by Gasteiger charge is 2.25. The van der Waals surface area contributed by atoms with E-state index in [0.29, 0.717) is 0 Å². The lowest BCUT2D eigenvalue weighted by Crippen LogP contribution is -2.43. The zero-order valence-corrected chi connectivity index (χ0v) is 10.8. The molecule has 0 atom stereocenters. The maximum Gasteiger partial charge on any atom is 0.226 e. The summed E-state index contributed by atoms with van der Waals surface area (Å²) in [5, 5.41) is 6.07. The summed E-state index contributed by atoms with van der Waals surface area (Å²) in [6, 6.07) is 0. The molecule has 0 saturated heterocycles. The summed E-state index contributed by atoms with van der Waals surface area (Å²) in [5.74, 6) is 0.824. The Labute approximate surface area is 94.0 Å². The third-order valence-corrected chi connectivity index (χ3v) is 3.00. The monoisotopic (exact) mass is 214 g/mol. The van der Waals surface area contributed by atoms with Gasteiger partial charge in [0.1, 0.15) is 0 Å². The maximum atomic E-state index is 11.5. The number of carbonyl (C=O) groups excluding carboxylic acids is 1. The van der Waals surface area contributed by atoms with Crippen LogP contribution in [-0.2, 0) is 4.79 Å². The third-order valence-electron chi connectivity index (χ3n) is 3.00. The predicted molar refractivity (Wildman–Crippen MR) is 64.8 cm³/mol.